The van der Waals surface area contributed by atoms with Crippen LogP contribution < -0.4 is 5.32 Å². The van der Waals surface area contributed by atoms with Gasteiger partial charge in [-0.3, -0.25) is 4.79 Å². The first kappa shape index (κ1) is 12.8. The summed E-state index contributed by atoms with van der Waals surface area (Å²) in [5, 5.41) is 6.12. The van der Waals surface area contributed by atoms with E-state index in [4.69, 9.17) is 0 Å². The van der Waals surface area contributed by atoms with Crippen molar-refractivity contribution >= 4 is 33.7 Å². The average Bonchev–Trinajstić information content (AvgIpc) is 2.78. The van der Waals surface area contributed by atoms with Crippen LogP contribution in [0.3, 0.4) is 0 Å². The second-order valence-electron chi connectivity index (χ2n) is 4.66. The summed E-state index contributed by atoms with van der Waals surface area (Å²) >= 11 is 1.42. The van der Waals surface area contributed by atoms with E-state index >= 15 is 0 Å². The minimum atomic E-state index is -0.0941. The molecule has 1 N–H and O–H groups in total. The van der Waals surface area contributed by atoms with Gasteiger partial charge in [-0.2, -0.15) is 0 Å². The third kappa shape index (κ3) is 2.42. The van der Waals surface area contributed by atoms with E-state index in [0.29, 0.717) is 4.88 Å². The molecule has 20 heavy (non-hydrogen) atoms. The number of carbonyl (C=O) groups is 1. The van der Waals surface area contributed by atoms with E-state index in [1.807, 2.05) is 50.2 Å². The fourth-order valence-corrected chi connectivity index (χ4v) is 3.01. The molecule has 4 heteroatoms. The first-order valence-electron chi connectivity index (χ1n) is 6.37. The van der Waals surface area contributed by atoms with E-state index in [1.165, 1.54) is 11.3 Å². The molecule has 0 aliphatic rings. The number of nitrogens with one attached hydrogen (secondary N) is 1. The van der Waals surface area contributed by atoms with Crippen LogP contribution in [0.15, 0.2) is 42.5 Å². The van der Waals surface area contributed by atoms with E-state index in [1.54, 1.807) is 0 Å². The van der Waals surface area contributed by atoms with Crippen molar-refractivity contribution in [2.75, 3.05) is 5.32 Å². The quantitative estimate of drug-likeness (QED) is 0.766. The lowest BCUT2D eigenvalue weighted by molar-refractivity contribution is 0.103. The third-order valence-corrected chi connectivity index (χ3v) is 4.19. The Morgan fingerprint density at radius 3 is 2.55 bits per heavy atom. The van der Waals surface area contributed by atoms with Crippen LogP contribution in [0.2, 0.25) is 0 Å². The summed E-state index contributed by atoms with van der Waals surface area (Å²) in [5.41, 5.74) is 1.59. The Balaban J connectivity index is 1.89. The summed E-state index contributed by atoms with van der Waals surface area (Å²) < 4.78 is 0. The normalized spacial score (nSPS) is 10.7. The first-order chi connectivity index (χ1) is 9.63. The number of aryl methyl sites for hydroxylation is 2. The summed E-state index contributed by atoms with van der Waals surface area (Å²) in [6, 6.07) is 14.0. The van der Waals surface area contributed by atoms with Crippen molar-refractivity contribution in [3.05, 3.63) is 58.0 Å². The standard InChI is InChI=1S/C16H14N2OS/c1-10-15(20-11(2)17-10)16(19)18-14-8-7-12-5-3-4-6-13(12)9-14/h3-9H,1-2H3,(H,18,19). The molecular formula is C16H14N2OS. The Labute approximate surface area is 121 Å². The minimum absolute atomic E-state index is 0.0941. The zero-order valence-corrected chi connectivity index (χ0v) is 12.1. The number of carbonyl (C=O) groups excluding carboxylic acids is 1. The molecule has 0 bridgehead atoms. The Morgan fingerprint density at radius 1 is 1.10 bits per heavy atom. The molecule has 0 saturated carbocycles. The van der Waals surface area contributed by atoms with E-state index in [2.05, 4.69) is 16.4 Å². The van der Waals surface area contributed by atoms with Crippen LogP contribution in [-0.2, 0) is 0 Å². The van der Waals surface area contributed by atoms with Crippen molar-refractivity contribution in [1.82, 2.24) is 4.98 Å². The summed E-state index contributed by atoms with van der Waals surface area (Å²) in [7, 11) is 0. The number of anilines is 1. The van der Waals surface area contributed by atoms with Gasteiger partial charge in [0.1, 0.15) is 4.88 Å². The van der Waals surface area contributed by atoms with E-state index < -0.39 is 0 Å². The molecule has 0 atom stereocenters. The highest BCUT2D eigenvalue weighted by molar-refractivity contribution is 7.13. The number of benzene rings is 2. The van der Waals surface area contributed by atoms with Crippen molar-refractivity contribution in [3.63, 3.8) is 0 Å². The molecule has 0 spiro atoms. The summed E-state index contributed by atoms with van der Waals surface area (Å²) in [6.07, 6.45) is 0. The Kier molecular flexibility index (Phi) is 3.24. The van der Waals surface area contributed by atoms with Crippen molar-refractivity contribution in [3.8, 4) is 0 Å². The van der Waals surface area contributed by atoms with Gasteiger partial charge in [0.25, 0.3) is 5.91 Å². The molecule has 2 aromatic carbocycles. The molecule has 0 radical (unpaired) electrons. The Hall–Kier alpha value is -2.20. The van der Waals surface area contributed by atoms with Gasteiger partial charge in [-0.15, -0.1) is 11.3 Å². The number of nitrogens with zero attached hydrogens (tertiary/aromatic N) is 1. The van der Waals surface area contributed by atoms with Crippen LogP contribution in [0.1, 0.15) is 20.4 Å². The molecule has 3 aromatic rings. The Morgan fingerprint density at radius 2 is 1.85 bits per heavy atom. The Bertz CT molecular complexity index is 792. The maximum absolute atomic E-state index is 12.2. The van der Waals surface area contributed by atoms with Crippen LogP contribution >= 0.6 is 11.3 Å². The van der Waals surface area contributed by atoms with Gasteiger partial charge in [-0.05, 0) is 36.8 Å². The van der Waals surface area contributed by atoms with Gasteiger partial charge in [0.15, 0.2) is 0 Å². The van der Waals surface area contributed by atoms with Gasteiger partial charge < -0.3 is 5.32 Å². The lowest BCUT2D eigenvalue weighted by Gasteiger charge is -2.05. The lowest BCUT2D eigenvalue weighted by Crippen LogP contribution is -2.11. The van der Waals surface area contributed by atoms with E-state index in [9.17, 15) is 4.79 Å². The summed E-state index contributed by atoms with van der Waals surface area (Å²) in [6.45, 7) is 3.77. The van der Waals surface area contributed by atoms with Crippen LogP contribution in [0.5, 0.6) is 0 Å². The fourth-order valence-electron chi connectivity index (χ4n) is 2.20. The SMILES string of the molecule is Cc1nc(C)c(C(=O)Nc2ccc3ccccc3c2)s1. The topological polar surface area (TPSA) is 42.0 Å². The number of hydrogen-bond acceptors (Lipinski definition) is 3. The molecule has 0 unspecified atom stereocenters. The van der Waals surface area contributed by atoms with Gasteiger partial charge in [-0.1, -0.05) is 30.3 Å². The van der Waals surface area contributed by atoms with Crippen LogP contribution in [0.4, 0.5) is 5.69 Å². The maximum atomic E-state index is 12.2. The van der Waals surface area contributed by atoms with Gasteiger partial charge >= 0.3 is 0 Å². The number of hydrogen-bond donors (Lipinski definition) is 1. The lowest BCUT2D eigenvalue weighted by atomic mass is 10.1. The molecule has 0 fully saturated rings. The molecule has 100 valence electrons. The zero-order chi connectivity index (χ0) is 14.1. The van der Waals surface area contributed by atoms with Crippen LogP contribution in [0, 0.1) is 13.8 Å². The van der Waals surface area contributed by atoms with Gasteiger partial charge in [-0.25, -0.2) is 4.98 Å². The maximum Gasteiger partial charge on any atom is 0.267 e. The molecule has 3 rings (SSSR count). The number of amides is 1. The highest BCUT2D eigenvalue weighted by atomic mass is 32.1. The zero-order valence-electron chi connectivity index (χ0n) is 11.3. The number of aromatic nitrogens is 1. The van der Waals surface area contributed by atoms with E-state index in [0.717, 1.165) is 27.2 Å². The van der Waals surface area contributed by atoms with Crippen molar-refractivity contribution in [2.45, 2.75) is 13.8 Å². The second kappa shape index (κ2) is 5.06. The predicted molar refractivity (Wildman–Crippen MR) is 83.5 cm³/mol. The molecule has 1 aromatic heterocycles. The number of fused-ring (bicyclic) bond motifs is 1. The van der Waals surface area contributed by atoms with Crippen molar-refractivity contribution in [2.24, 2.45) is 0 Å². The fraction of sp³-hybridized carbons (Fsp3) is 0.125. The highest BCUT2D eigenvalue weighted by Gasteiger charge is 2.13. The molecule has 3 nitrogen and oxygen atoms in total. The van der Waals surface area contributed by atoms with Crippen LogP contribution in [-0.4, -0.2) is 10.9 Å². The highest BCUT2D eigenvalue weighted by Crippen LogP contribution is 2.22. The van der Waals surface area contributed by atoms with Gasteiger partial charge in [0.05, 0.1) is 10.7 Å². The van der Waals surface area contributed by atoms with Crippen molar-refractivity contribution in [1.29, 1.82) is 0 Å². The molecule has 1 amide bonds. The number of thiazole rings is 1. The smallest absolute Gasteiger partial charge is 0.267 e. The molecule has 0 saturated heterocycles. The summed E-state index contributed by atoms with van der Waals surface area (Å²) in [5.74, 6) is -0.0941. The van der Waals surface area contributed by atoms with E-state index in [-0.39, 0.29) is 5.91 Å². The monoisotopic (exact) mass is 282 g/mol. The molecular weight excluding hydrogens is 268 g/mol. The molecule has 0 aliphatic carbocycles. The predicted octanol–water partition coefficient (Wildman–Crippen LogP) is 4.17. The van der Waals surface area contributed by atoms with Gasteiger partial charge in [0, 0.05) is 5.69 Å². The number of rotatable bonds is 2. The molecule has 0 aliphatic heterocycles. The van der Waals surface area contributed by atoms with Crippen molar-refractivity contribution < 1.29 is 4.79 Å². The van der Waals surface area contributed by atoms with Crippen LogP contribution in [0.25, 0.3) is 10.8 Å². The second-order valence-corrected chi connectivity index (χ2v) is 5.87. The largest absolute Gasteiger partial charge is 0.321 e. The minimum Gasteiger partial charge on any atom is -0.321 e. The molecule has 1 heterocycles. The van der Waals surface area contributed by atoms with Gasteiger partial charge in [0.2, 0.25) is 0 Å². The third-order valence-electron chi connectivity index (χ3n) is 3.12. The average molecular weight is 282 g/mol. The first-order valence-corrected chi connectivity index (χ1v) is 7.19. The summed E-state index contributed by atoms with van der Waals surface area (Å²) in [4.78, 5) is 17.2.